The number of hydrogen-bond donors (Lipinski definition) is 1. The summed E-state index contributed by atoms with van der Waals surface area (Å²) in [5.74, 6) is 1.38. The first-order valence-electron chi connectivity index (χ1n) is 14.1. The van der Waals surface area contributed by atoms with Crippen LogP contribution in [-0.4, -0.2) is 50.9 Å². The van der Waals surface area contributed by atoms with E-state index in [1.54, 1.807) is 18.4 Å². The van der Waals surface area contributed by atoms with Gasteiger partial charge >= 0.3 is 0 Å². The van der Waals surface area contributed by atoms with Crippen LogP contribution < -0.4 is 14.4 Å². The molecule has 6 rings (SSSR count). The Morgan fingerprint density at radius 3 is 2.45 bits per heavy atom. The van der Waals surface area contributed by atoms with Crippen LogP contribution in [0.25, 0.3) is 20.5 Å². The van der Waals surface area contributed by atoms with Crippen LogP contribution in [0.1, 0.15) is 27.0 Å². The molecule has 0 saturated carbocycles. The first-order valence-corrected chi connectivity index (χ1v) is 14.9. The zero-order valence-corrected chi connectivity index (χ0v) is 24.4. The number of aliphatic hydroxyl groups excluding tert-OH is 1. The second-order valence-electron chi connectivity index (χ2n) is 10.2. The second kappa shape index (κ2) is 12.8. The molecule has 0 bridgehead atoms. The van der Waals surface area contributed by atoms with Gasteiger partial charge in [-0.1, -0.05) is 54.6 Å². The number of rotatable bonds is 10. The van der Waals surface area contributed by atoms with Crippen LogP contribution in [0.3, 0.4) is 0 Å². The smallest absolute Gasteiger partial charge is 0.195 e. The van der Waals surface area contributed by atoms with Gasteiger partial charge in [0.1, 0.15) is 18.1 Å². The van der Waals surface area contributed by atoms with Gasteiger partial charge in [0.15, 0.2) is 5.78 Å². The number of anilines is 1. The molecular weight excluding hydrogens is 546 g/mol. The number of hydrogen-bond acceptors (Lipinski definition) is 7. The molecule has 0 spiro atoms. The Labute approximate surface area is 249 Å². The van der Waals surface area contributed by atoms with Crippen LogP contribution in [-0.2, 0) is 17.8 Å². The van der Waals surface area contributed by atoms with Gasteiger partial charge in [0, 0.05) is 45.8 Å². The molecule has 42 heavy (non-hydrogen) atoms. The Morgan fingerprint density at radius 2 is 1.71 bits per heavy atom. The van der Waals surface area contributed by atoms with Crippen LogP contribution in [0, 0.1) is 0 Å². The lowest BCUT2D eigenvalue weighted by atomic mass is 9.96. The van der Waals surface area contributed by atoms with Crippen molar-refractivity contribution in [3.63, 3.8) is 0 Å². The largest absolute Gasteiger partial charge is 0.495 e. The van der Waals surface area contributed by atoms with Crippen LogP contribution >= 0.6 is 11.3 Å². The van der Waals surface area contributed by atoms with E-state index in [1.165, 1.54) is 0 Å². The summed E-state index contributed by atoms with van der Waals surface area (Å²) in [5, 5.41) is 10.2. The highest BCUT2D eigenvalue weighted by atomic mass is 32.1. The first-order chi connectivity index (χ1) is 20.6. The molecule has 7 heteroatoms. The molecule has 6 nitrogen and oxygen atoms in total. The van der Waals surface area contributed by atoms with Gasteiger partial charge in [-0.2, -0.15) is 0 Å². The maximum Gasteiger partial charge on any atom is 0.195 e. The van der Waals surface area contributed by atoms with Crippen molar-refractivity contribution in [2.24, 2.45) is 0 Å². The third-order valence-electron chi connectivity index (χ3n) is 7.55. The van der Waals surface area contributed by atoms with Crippen molar-refractivity contribution in [1.82, 2.24) is 0 Å². The monoisotopic (exact) mass is 579 g/mol. The fourth-order valence-electron chi connectivity index (χ4n) is 5.32. The molecule has 4 aromatic carbocycles. The summed E-state index contributed by atoms with van der Waals surface area (Å²) >= 11 is 1.59. The minimum Gasteiger partial charge on any atom is -0.495 e. The van der Waals surface area contributed by atoms with E-state index in [4.69, 9.17) is 14.2 Å². The Hall–Kier alpha value is -4.17. The lowest BCUT2D eigenvalue weighted by molar-refractivity contribution is 0.104. The van der Waals surface area contributed by atoms with Gasteiger partial charge in [-0.15, -0.1) is 11.3 Å². The van der Waals surface area contributed by atoms with Gasteiger partial charge in [-0.3, -0.25) is 4.79 Å². The number of ether oxygens (including phenoxy) is 3. The van der Waals surface area contributed by atoms with Crippen LogP contribution in [0.15, 0.2) is 91.0 Å². The highest BCUT2D eigenvalue weighted by molar-refractivity contribution is 7.22. The van der Waals surface area contributed by atoms with Crippen LogP contribution in [0.4, 0.5) is 5.69 Å². The zero-order valence-electron chi connectivity index (χ0n) is 23.5. The number of thiophene rings is 1. The summed E-state index contributed by atoms with van der Waals surface area (Å²) < 4.78 is 18.4. The lowest BCUT2D eigenvalue weighted by Gasteiger charge is -2.30. The third kappa shape index (κ3) is 5.90. The Bertz CT molecular complexity index is 1670. The molecule has 0 amide bonds. The fourth-order valence-corrected chi connectivity index (χ4v) is 6.55. The topological polar surface area (TPSA) is 68.2 Å². The molecule has 214 valence electrons. The molecule has 1 fully saturated rings. The van der Waals surface area contributed by atoms with Gasteiger partial charge in [0.25, 0.3) is 0 Å². The summed E-state index contributed by atoms with van der Waals surface area (Å²) in [7, 11) is 1.64. The molecule has 5 aromatic rings. The number of morpholine rings is 1. The van der Waals surface area contributed by atoms with Crippen molar-refractivity contribution < 1.29 is 24.1 Å². The third-order valence-corrected chi connectivity index (χ3v) is 8.75. The van der Waals surface area contributed by atoms with E-state index in [0.717, 1.165) is 56.2 Å². The quantitative estimate of drug-likeness (QED) is 0.185. The number of benzene rings is 4. The van der Waals surface area contributed by atoms with E-state index >= 15 is 0 Å². The number of nitrogens with zero attached hydrogens (tertiary/aromatic N) is 1. The molecule has 1 aromatic heterocycles. The molecule has 0 unspecified atom stereocenters. The summed E-state index contributed by atoms with van der Waals surface area (Å²) in [4.78, 5) is 17.4. The molecule has 1 N–H and O–H groups in total. The minimum absolute atomic E-state index is 0.0551. The molecule has 0 radical (unpaired) electrons. The van der Waals surface area contributed by atoms with E-state index in [2.05, 4.69) is 4.90 Å². The number of fused-ring (bicyclic) bond motifs is 1. The zero-order chi connectivity index (χ0) is 28.9. The predicted molar refractivity (Wildman–Crippen MR) is 168 cm³/mol. The van der Waals surface area contributed by atoms with E-state index in [9.17, 15) is 9.90 Å². The number of carbonyl (C=O) groups excluding carboxylic acids is 1. The molecular formula is C35H33NO5S. The predicted octanol–water partition coefficient (Wildman–Crippen LogP) is 6.76. The Balaban J connectivity index is 1.39. The Kier molecular flexibility index (Phi) is 8.51. The minimum atomic E-state index is -0.0551. The molecule has 1 saturated heterocycles. The second-order valence-corrected chi connectivity index (χ2v) is 11.3. The van der Waals surface area contributed by atoms with Crippen molar-refractivity contribution in [2.75, 3.05) is 44.9 Å². The maximum absolute atomic E-state index is 14.3. The van der Waals surface area contributed by atoms with Crippen molar-refractivity contribution in [2.45, 2.75) is 13.0 Å². The SMILES string of the molecule is COc1cc(C(=O)c2c(-c3ccc(CCO)cc3)sc3cc(OCc4ccccc4)ccc23)ccc1N1CCOCC1. The van der Waals surface area contributed by atoms with Gasteiger partial charge in [0.05, 0.1) is 26.0 Å². The Morgan fingerprint density at radius 1 is 0.929 bits per heavy atom. The summed E-state index contributed by atoms with van der Waals surface area (Å²) in [6.45, 7) is 3.47. The van der Waals surface area contributed by atoms with Crippen molar-refractivity contribution in [1.29, 1.82) is 0 Å². The molecule has 0 atom stereocenters. The molecule has 0 aliphatic carbocycles. The lowest BCUT2D eigenvalue weighted by Crippen LogP contribution is -2.36. The standard InChI is InChI=1S/C35H33NO5S/c1-39-31-21-27(11-14-30(31)36-16-19-40-20-17-36)34(38)33-29-13-12-28(41-23-25-5-3-2-4-6-25)22-32(29)42-35(33)26-9-7-24(8-10-26)15-18-37/h2-14,21-22,37H,15-20,23H2,1H3. The van der Waals surface area contributed by atoms with E-state index in [-0.39, 0.29) is 12.4 Å². The normalized spacial score (nSPS) is 13.3. The van der Waals surface area contributed by atoms with E-state index in [1.807, 2.05) is 91.0 Å². The number of aliphatic hydroxyl groups is 1. The highest BCUT2D eigenvalue weighted by Gasteiger charge is 2.24. The van der Waals surface area contributed by atoms with E-state index in [0.29, 0.717) is 43.1 Å². The highest BCUT2D eigenvalue weighted by Crippen LogP contribution is 2.42. The molecule has 2 heterocycles. The molecule has 1 aliphatic heterocycles. The van der Waals surface area contributed by atoms with Crippen molar-refractivity contribution in [3.05, 3.63) is 113 Å². The number of ketones is 1. The summed E-state index contributed by atoms with van der Waals surface area (Å²) in [6, 6.07) is 29.8. The van der Waals surface area contributed by atoms with Gasteiger partial charge < -0.3 is 24.2 Å². The maximum atomic E-state index is 14.3. The summed E-state index contributed by atoms with van der Waals surface area (Å²) in [5.41, 5.74) is 5.32. The van der Waals surface area contributed by atoms with Crippen molar-refractivity contribution >= 4 is 32.9 Å². The van der Waals surface area contributed by atoms with Crippen LogP contribution in [0.2, 0.25) is 0 Å². The summed E-state index contributed by atoms with van der Waals surface area (Å²) in [6.07, 6.45) is 0.593. The average molecular weight is 580 g/mol. The van der Waals surface area contributed by atoms with E-state index < -0.39 is 0 Å². The molecule has 1 aliphatic rings. The first kappa shape index (κ1) is 28.0. The van der Waals surface area contributed by atoms with Crippen LogP contribution in [0.5, 0.6) is 11.5 Å². The number of carbonyl (C=O) groups is 1. The number of methoxy groups -OCH3 is 1. The fraction of sp³-hybridized carbons (Fsp3) is 0.229. The van der Waals surface area contributed by atoms with Gasteiger partial charge in [-0.25, -0.2) is 0 Å². The van der Waals surface area contributed by atoms with Crippen molar-refractivity contribution in [3.8, 4) is 21.9 Å². The van der Waals surface area contributed by atoms with Gasteiger partial charge in [0.2, 0.25) is 0 Å². The average Bonchev–Trinajstić information content (AvgIpc) is 3.43. The van der Waals surface area contributed by atoms with Gasteiger partial charge in [-0.05, 0) is 59.5 Å².